The number of hydrogen-bond acceptors (Lipinski definition) is 3. The molecule has 1 unspecified atom stereocenters. The van der Waals surface area contributed by atoms with Crippen LogP contribution in [0.1, 0.15) is 85.0 Å². The first-order valence-corrected chi connectivity index (χ1v) is 11.8. The van der Waals surface area contributed by atoms with Gasteiger partial charge in [0.2, 0.25) is 0 Å². The summed E-state index contributed by atoms with van der Waals surface area (Å²) in [6.07, 6.45) is 9.26. The molecule has 0 aromatic heterocycles. The molecule has 4 aliphatic rings. The topological polar surface area (TPSA) is 77.8 Å². The zero-order valence-electron chi connectivity index (χ0n) is 17.9. The predicted molar refractivity (Wildman–Crippen MR) is 109 cm³/mol. The molecule has 0 aromatic carbocycles. The van der Waals surface area contributed by atoms with Crippen molar-refractivity contribution in [1.29, 1.82) is 0 Å². The number of aliphatic carboxylic acids is 1. The van der Waals surface area contributed by atoms with Gasteiger partial charge in [-0.05, 0) is 104 Å². The first-order valence-electron chi connectivity index (χ1n) is 11.8. The van der Waals surface area contributed by atoms with E-state index in [1.54, 1.807) is 0 Å². The lowest BCUT2D eigenvalue weighted by atomic mass is 9.43. The van der Waals surface area contributed by atoms with Gasteiger partial charge >= 0.3 is 5.97 Å². The number of carboxylic acids is 1. The summed E-state index contributed by atoms with van der Waals surface area (Å²) in [6, 6.07) is 0. The SMILES string of the molecule is C[C@H](CCC(=O)O)[C@H]1CC[C@@H]2C3CC[C@H]4C[C@@H](O)CC[C@@]4(C)[C@@H]3C[C@H](O)[C@@]21C. The standard InChI is InChI=1S/C24H40O4/c1-14(4-9-22(27)28)18-7-8-19-17-6-5-15-12-16(25)10-11-23(15,2)20(17)13-21(26)24(18,19)3/h14-21,25-26H,4-13H2,1-3H3,(H,27,28)/t14-,15+,16+,17?,18-,19-,20-,21+,23-,24-/m1/s1. The van der Waals surface area contributed by atoms with Crippen LogP contribution in [0.25, 0.3) is 0 Å². The Kier molecular flexibility index (Phi) is 5.36. The summed E-state index contributed by atoms with van der Waals surface area (Å²) in [5.41, 5.74) is 0.216. The molecule has 0 amide bonds. The Bertz CT molecular complexity index is 605. The highest BCUT2D eigenvalue weighted by molar-refractivity contribution is 5.66. The number of hydrogen-bond donors (Lipinski definition) is 3. The molecule has 0 aromatic rings. The van der Waals surface area contributed by atoms with Gasteiger partial charge in [-0.25, -0.2) is 0 Å². The van der Waals surface area contributed by atoms with Gasteiger partial charge in [0.05, 0.1) is 12.2 Å². The van der Waals surface area contributed by atoms with Crippen LogP contribution in [0, 0.1) is 46.3 Å². The van der Waals surface area contributed by atoms with Crippen LogP contribution in [0.5, 0.6) is 0 Å². The average Bonchev–Trinajstić information content (AvgIpc) is 3.00. The quantitative estimate of drug-likeness (QED) is 0.659. The van der Waals surface area contributed by atoms with Crippen molar-refractivity contribution in [2.45, 2.75) is 97.2 Å². The van der Waals surface area contributed by atoms with Crippen molar-refractivity contribution in [3.8, 4) is 0 Å². The van der Waals surface area contributed by atoms with E-state index in [-0.39, 0.29) is 29.5 Å². The van der Waals surface area contributed by atoms with Crippen molar-refractivity contribution >= 4 is 5.97 Å². The first-order chi connectivity index (χ1) is 13.2. The maximum atomic E-state index is 11.5. The minimum atomic E-state index is -0.707. The van der Waals surface area contributed by atoms with E-state index < -0.39 is 5.97 Å². The summed E-state index contributed by atoms with van der Waals surface area (Å²) in [6.45, 7) is 6.99. The summed E-state index contributed by atoms with van der Waals surface area (Å²) in [7, 11) is 0. The van der Waals surface area contributed by atoms with Crippen LogP contribution in [0.15, 0.2) is 0 Å². The summed E-state index contributed by atoms with van der Waals surface area (Å²) in [5, 5.41) is 30.8. The first kappa shape index (κ1) is 20.7. The zero-order valence-corrected chi connectivity index (χ0v) is 17.9. The van der Waals surface area contributed by atoms with E-state index >= 15 is 0 Å². The van der Waals surface area contributed by atoms with Crippen LogP contribution in [0.3, 0.4) is 0 Å². The zero-order chi connectivity index (χ0) is 20.3. The highest BCUT2D eigenvalue weighted by Crippen LogP contribution is 2.68. The predicted octanol–water partition coefficient (Wildman–Crippen LogP) is 4.48. The van der Waals surface area contributed by atoms with Crippen molar-refractivity contribution in [3.05, 3.63) is 0 Å². The smallest absolute Gasteiger partial charge is 0.303 e. The highest BCUT2D eigenvalue weighted by atomic mass is 16.4. The van der Waals surface area contributed by atoms with Crippen molar-refractivity contribution < 1.29 is 20.1 Å². The normalized spacial score (nSPS) is 51.7. The molecule has 0 spiro atoms. The number of carboxylic acid groups (broad SMARTS) is 1. The lowest BCUT2D eigenvalue weighted by Crippen LogP contribution is -2.58. The molecule has 0 bridgehead atoms. The fourth-order valence-electron chi connectivity index (χ4n) is 8.71. The minimum absolute atomic E-state index is 0.0591. The lowest BCUT2D eigenvalue weighted by Gasteiger charge is -2.62. The summed E-state index contributed by atoms with van der Waals surface area (Å²) >= 11 is 0. The van der Waals surface area contributed by atoms with Crippen LogP contribution >= 0.6 is 0 Å². The Morgan fingerprint density at radius 3 is 2.50 bits per heavy atom. The highest BCUT2D eigenvalue weighted by Gasteiger charge is 2.63. The van der Waals surface area contributed by atoms with Gasteiger partial charge in [0.15, 0.2) is 0 Å². The largest absolute Gasteiger partial charge is 0.481 e. The number of fused-ring (bicyclic) bond motifs is 5. The maximum Gasteiger partial charge on any atom is 0.303 e. The molecule has 0 saturated heterocycles. The molecule has 4 fully saturated rings. The third-order valence-electron chi connectivity index (χ3n) is 10.3. The second kappa shape index (κ2) is 7.27. The van der Waals surface area contributed by atoms with Crippen LogP contribution in [-0.2, 0) is 4.79 Å². The fourth-order valence-corrected chi connectivity index (χ4v) is 8.71. The Balaban J connectivity index is 1.56. The third-order valence-corrected chi connectivity index (χ3v) is 10.3. The van der Waals surface area contributed by atoms with Gasteiger partial charge < -0.3 is 15.3 Å². The minimum Gasteiger partial charge on any atom is -0.481 e. The van der Waals surface area contributed by atoms with E-state index in [9.17, 15) is 15.0 Å². The Hall–Kier alpha value is -0.610. The van der Waals surface area contributed by atoms with Crippen LogP contribution in [-0.4, -0.2) is 33.5 Å². The summed E-state index contributed by atoms with van der Waals surface area (Å²) < 4.78 is 0. The Morgan fingerprint density at radius 2 is 1.79 bits per heavy atom. The monoisotopic (exact) mass is 392 g/mol. The molecular formula is C24H40O4. The molecule has 3 N–H and O–H groups in total. The van der Waals surface area contributed by atoms with Gasteiger partial charge in [0, 0.05) is 6.42 Å². The van der Waals surface area contributed by atoms with Gasteiger partial charge in [0.25, 0.3) is 0 Å². The van der Waals surface area contributed by atoms with Gasteiger partial charge in [0.1, 0.15) is 0 Å². The van der Waals surface area contributed by atoms with E-state index in [4.69, 9.17) is 5.11 Å². The molecule has 28 heavy (non-hydrogen) atoms. The molecule has 0 radical (unpaired) electrons. The molecule has 0 aliphatic heterocycles. The summed E-state index contributed by atoms with van der Waals surface area (Å²) in [4.78, 5) is 11.1. The van der Waals surface area contributed by atoms with Crippen LogP contribution in [0.2, 0.25) is 0 Å². The van der Waals surface area contributed by atoms with Gasteiger partial charge in [-0.3, -0.25) is 4.79 Å². The van der Waals surface area contributed by atoms with E-state index in [2.05, 4.69) is 20.8 Å². The number of aliphatic hydroxyl groups excluding tert-OH is 2. The molecule has 10 atom stereocenters. The van der Waals surface area contributed by atoms with Crippen molar-refractivity contribution in [2.24, 2.45) is 46.3 Å². The molecule has 4 rings (SSSR count). The Morgan fingerprint density at radius 1 is 1.04 bits per heavy atom. The van der Waals surface area contributed by atoms with Crippen molar-refractivity contribution in [1.82, 2.24) is 0 Å². The average molecular weight is 393 g/mol. The van der Waals surface area contributed by atoms with Gasteiger partial charge in [-0.1, -0.05) is 20.8 Å². The van der Waals surface area contributed by atoms with E-state index in [1.165, 1.54) is 19.3 Å². The van der Waals surface area contributed by atoms with E-state index in [0.29, 0.717) is 35.5 Å². The fraction of sp³-hybridized carbons (Fsp3) is 0.958. The maximum absolute atomic E-state index is 11.5. The lowest BCUT2D eigenvalue weighted by molar-refractivity contribution is -0.175. The van der Waals surface area contributed by atoms with Crippen LogP contribution < -0.4 is 0 Å². The van der Waals surface area contributed by atoms with Gasteiger partial charge in [-0.15, -0.1) is 0 Å². The number of carbonyl (C=O) groups is 1. The molecule has 0 heterocycles. The van der Waals surface area contributed by atoms with Crippen LogP contribution in [0.4, 0.5) is 0 Å². The summed E-state index contributed by atoms with van der Waals surface area (Å²) in [5.74, 6) is 2.55. The number of aliphatic hydroxyl groups is 2. The molecule has 160 valence electrons. The molecule has 4 aliphatic carbocycles. The van der Waals surface area contributed by atoms with Crippen molar-refractivity contribution in [2.75, 3.05) is 0 Å². The molecule has 4 nitrogen and oxygen atoms in total. The van der Waals surface area contributed by atoms with E-state index in [1.807, 2.05) is 0 Å². The Labute approximate surface area is 170 Å². The molecular weight excluding hydrogens is 352 g/mol. The molecule has 4 saturated carbocycles. The number of rotatable bonds is 4. The van der Waals surface area contributed by atoms with Gasteiger partial charge in [-0.2, -0.15) is 0 Å². The third kappa shape index (κ3) is 3.05. The van der Waals surface area contributed by atoms with E-state index in [0.717, 1.165) is 38.5 Å². The second-order valence-electron chi connectivity index (χ2n) is 11.3. The second-order valence-corrected chi connectivity index (χ2v) is 11.3. The van der Waals surface area contributed by atoms with Crippen molar-refractivity contribution in [3.63, 3.8) is 0 Å². The molecule has 4 heteroatoms.